The topological polar surface area (TPSA) is 0 Å². The molecular weight excluding hydrogens is 614 g/mol. The van der Waals surface area contributed by atoms with Crippen molar-refractivity contribution in [1.82, 2.24) is 0 Å². The third-order valence-corrected chi connectivity index (χ3v) is 33.7. The minimum atomic E-state index is -1.78. The number of aryl methyl sites for hydroxylation is 2. The third kappa shape index (κ3) is 6.26. The molecule has 0 amide bonds. The van der Waals surface area contributed by atoms with Gasteiger partial charge in [0.2, 0.25) is 0 Å². The van der Waals surface area contributed by atoms with Gasteiger partial charge in [-0.3, -0.25) is 0 Å². The van der Waals surface area contributed by atoms with Crippen LogP contribution in [-0.4, -0.2) is 5.49 Å². The van der Waals surface area contributed by atoms with Crippen LogP contribution < -0.4 is 0 Å². The summed E-state index contributed by atoms with van der Waals surface area (Å²) < 4.78 is 0. The molecule has 6 rings (SSSR count). The second-order valence-corrected chi connectivity index (χ2v) is 41.3. The molecule has 2 saturated carbocycles. The number of hydrogen-bond donors (Lipinski definition) is 0. The molecule has 0 unspecified atom stereocenters. The van der Waals surface area contributed by atoms with E-state index >= 15 is 0 Å². The van der Waals surface area contributed by atoms with E-state index in [9.17, 15) is 0 Å². The van der Waals surface area contributed by atoms with Crippen molar-refractivity contribution in [2.75, 3.05) is 0 Å². The van der Waals surface area contributed by atoms with Gasteiger partial charge in [-0.2, -0.15) is 12.1 Å². The fraction of sp³-hybridized carbons (Fsp3) is 0.357. The van der Waals surface area contributed by atoms with Gasteiger partial charge in [0.25, 0.3) is 0 Å². The molecule has 4 aromatic carbocycles. The molecule has 0 bridgehead atoms. The van der Waals surface area contributed by atoms with Gasteiger partial charge in [0, 0.05) is 0 Å². The van der Waals surface area contributed by atoms with Crippen LogP contribution in [0.25, 0.3) is 21.5 Å². The van der Waals surface area contributed by atoms with Crippen LogP contribution in [0.1, 0.15) is 59.8 Å². The van der Waals surface area contributed by atoms with Gasteiger partial charge in [0.05, 0.1) is 0 Å². The van der Waals surface area contributed by atoms with Gasteiger partial charge >= 0.3 is 53.4 Å². The maximum Gasteiger partial charge on any atom is -0.0251 e. The molecule has 2 fully saturated rings. The molecule has 4 heteroatoms. The summed E-state index contributed by atoms with van der Waals surface area (Å²) in [6.45, 7) is 8.70. The smallest absolute Gasteiger partial charge is 0.0251 e. The molecule has 2 aliphatic rings. The molecule has 0 atom stereocenters. The summed E-state index contributed by atoms with van der Waals surface area (Å²) in [7, 11) is 11.3. The van der Waals surface area contributed by atoms with E-state index in [0.717, 1.165) is 11.8 Å². The second-order valence-electron chi connectivity index (χ2n) is 9.57. The van der Waals surface area contributed by atoms with Gasteiger partial charge in [-0.15, -0.1) is 69.1 Å². The summed E-state index contributed by atoms with van der Waals surface area (Å²) in [5.41, 5.74) is 5.72. The Morgan fingerprint density at radius 1 is 0.750 bits per heavy atom. The van der Waals surface area contributed by atoms with Gasteiger partial charge in [0.1, 0.15) is 0 Å². The minimum absolute atomic E-state index is 0.208. The quantitative estimate of drug-likeness (QED) is 0.150. The Hall–Kier alpha value is -0.673. The predicted octanol–water partition coefficient (Wildman–Crippen LogP) is 9.65. The Labute approximate surface area is 207 Å². The molecular formula is C28H32Cl2HfSi-2. The Balaban J connectivity index is 0.000000124. The maximum absolute atomic E-state index is 5.64. The molecule has 32 heavy (non-hydrogen) atoms. The Morgan fingerprint density at radius 2 is 1.12 bits per heavy atom. The van der Waals surface area contributed by atoms with Gasteiger partial charge in [-0.05, 0) is 37.5 Å². The van der Waals surface area contributed by atoms with E-state index in [-0.39, 0.29) is 5.49 Å². The fourth-order valence-electron chi connectivity index (χ4n) is 4.32. The first-order chi connectivity index (χ1) is 15.3. The number of hydrogen-bond acceptors (Lipinski definition) is 0. The zero-order valence-corrected chi connectivity index (χ0v) is 25.6. The second kappa shape index (κ2) is 10.7. The molecule has 0 spiro atoms. The third-order valence-electron chi connectivity index (χ3n) is 6.27. The largest absolute Gasteiger partial charge is 0.165 e. The molecule has 0 radical (unpaired) electrons. The molecule has 0 N–H and O–H groups in total. The first-order valence-electron chi connectivity index (χ1n) is 11.6. The van der Waals surface area contributed by atoms with E-state index < -0.39 is 17.7 Å². The minimum Gasteiger partial charge on any atom is -0.165 e. The van der Waals surface area contributed by atoms with Crippen molar-refractivity contribution in [2.24, 2.45) is 0 Å². The van der Waals surface area contributed by atoms with E-state index in [0.29, 0.717) is 0 Å². The average molecular weight is 646 g/mol. The molecule has 0 saturated heterocycles. The number of benzene rings is 2. The molecule has 2 aliphatic carbocycles. The van der Waals surface area contributed by atoms with Crippen molar-refractivity contribution in [1.29, 1.82) is 0 Å². The van der Waals surface area contributed by atoms with Crippen LogP contribution in [0.15, 0.2) is 60.7 Å². The first kappa shape index (κ1) is 24.5. The van der Waals surface area contributed by atoms with Gasteiger partial charge in [-0.25, -0.2) is 0 Å². The van der Waals surface area contributed by atoms with Gasteiger partial charge in [0.15, 0.2) is 0 Å². The summed E-state index contributed by atoms with van der Waals surface area (Å²) in [5.74, 6) is 1.73. The van der Waals surface area contributed by atoms with Crippen LogP contribution in [-0.2, 0) is 17.7 Å². The Kier molecular flexibility index (Phi) is 8.19. The molecule has 0 aliphatic heterocycles. The maximum atomic E-state index is 5.64. The zero-order valence-electron chi connectivity index (χ0n) is 19.5. The van der Waals surface area contributed by atoms with Crippen LogP contribution in [0, 0.1) is 13.8 Å². The van der Waals surface area contributed by atoms with Gasteiger partial charge in [-0.1, -0.05) is 37.1 Å². The van der Waals surface area contributed by atoms with Crippen LogP contribution in [0.5, 0.6) is 0 Å². The van der Waals surface area contributed by atoms with Crippen molar-refractivity contribution in [3.05, 3.63) is 82.9 Å². The van der Waals surface area contributed by atoms with E-state index in [1.165, 1.54) is 58.4 Å². The van der Waals surface area contributed by atoms with Crippen molar-refractivity contribution < 1.29 is 17.7 Å². The summed E-state index contributed by atoms with van der Waals surface area (Å²) in [6.07, 6.45) is 5.57. The van der Waals surface area contributed by atoms with Gasteiger partial charge < -0.3 is 0 Å². The van der Waals surface area contributed by atoms with Crippen LogP contribution in [0.3, 0.4) is 0 Å². The molecule has 0 aromatic heterocycles. The van der Waals surface area contributed by atoms with Crippen LogP contribution in [0.2, 0.25) is 13.1 Å². The fourth-order valence-corrected chi connectivity index (χ4v) is 4.32. The predicted molar refractivity (Wildman–Crippen MR) is 142 cm³/mol. The van der Waals surface area contributed by atoms with Crippen molar-refractivity contribution in [3.63, 3.8) is 0 Å². The van der Waals surface area contributed by atoms with E-state index in [1.54, 1.807) is 11.1 Å². The molecule has 168 valence electrons. The van der Waals surface area contributed by atoms with Crippen molar-refractivity contribution >= 4 is 44.2 Å². The normalized spacial score (nSPS) is 15.1. The van der Waals surface area contributed by atoms with Crippen LogP contribution in [0.4, 0.5) is 0 Å². The van der Waals surface area contributed by atoms with E-state index in [4.69, 9.17) is 17.2 Å². The first-order valence-corrected chi connectivity index (χ1v) is 28.4. The average Bonchev–Trinajstić information content (AvgIpc) is 3.67. The monoisotopic (exact) mass is 646 g/mol. The Morgan fingerprint density at radius 3 is 1.44 bits per heavy atom. The van der Waals surface area contributed by atoms with E-state index in [1.807, 2.05) is 0 Å². The van der Waals surface area contributed by atoms with Crippen LogP contribution >= 0.6 is 17.2 Å². The summed E-state index contributed by atoms with van der Waals surface area (Å²) in [5, 5.41) is 5.81. The Bertz CT molecular complexity index is 1150. The molecule has 4 aromatic rings. The molecule has 0 nitrogen and oxygen atoms in total. The summed E-state index contributed by atoms with van der Waals surface area (Å²) in [4.78, 5) is 0. The number of fused-ring (bicyclic) bond motifs is 2. The van der Waals surface area contributed by atoms with Crippen molar-refractivity contribution in [2.45, 2.75) is 64.5 Å². The number of halogens is 2. The molecule has 0 heterocycles. The van der Waals surface area contributed by atoms with Crippen molar-refractivity contribution in [3.8, 4) is 0 Å². The van der Waals surface area contributed by atoms with E-state index in [2.05, 4.69) is 87.6 Å². The standard InChI is InChI=1S/2C13H13.C2H6Si.2ClH.Hf/c2*1-9-7-11-3-2-4-12(10-5-6-10)13(11)8-9;1-3-2;;;/h2*2-4,7-8,10H,5-6H2,1H3;1-2H3;2*1H;/q2*-1;;;;+2/p-2. The SMILES string of the molecule is C[Si](C)=[Hf]([Cl])[Cl].Cc1cc2c(C3CC3)cccc2[cH-]1.Cc1cc2c(C3CC3)cccc2[cH-]1. The zero-order chi connectivity index (χ0) is 22.8. The summed E-state index contributed by atoms with van der Waals surface area (Å²) >= 11 is -1.78. The number of rotatable bonds is 2. The summed E-state index contributed by atoms with van der Waals surface area (Å²) in [6, 6.07) is 22.6.